The first-order valence-corrected chi connectivity index (χ1v) is 12.6. The molecule has 1 saturated heterocycles. The minimum absolute atomic E-state index is 0.139. The average molecular weight is 474 g/mol. The number of aryl methyl sites for hydroxylation is 1. The van der Waals surface area contributed by atoms with Crippen LogP contribution >= 0.6 is 11.3 Å². The molecule has 1 aliphatic rings. The molecule has 0 spiro atoms. The van der Waals surface area contributed by atoms with E-state index in [1.54, 1.807) is 42.6 Å². The minimum Gasteiger partial charge on any atom is -0.302 e. The highest BCUT2D eigenvalue weighted by molar-refractivity contribution is 7.89. The SMILES string of the molecule is Cc1ccc(S(=O)(=O)N2CCC(C(=O)Nc3ncc(Cc4ccc(F)cc4)s3)CC2)cc1. The van der Waals surface area contributed by atoms with Crippen LogP contribution in [0.2, 0.25) is 0 Å². The van der Waals surface area contributed by atoms with Crippen LogP contribution in [0.25, 0.3) is 0 Å². The van der Waals surface area contributed by atoms with Gasteiger partial charge < -0.3 is 5.32 Å². The van der Waals surface area contributed by atoms with Gasteiger partial charge in [-0.05, 0) is 49.6 Å². The molecule has 9 heteroatoms. The first-order chi connectivity index (χ1) is 15.3. The summed E-state index contributed by atoms with van der Waals surface area (Å²) in [4.78, 5) is 18.2. The maximum atomic E-state index is 13.0. The lowest BCUT2D eigenvalue weighted by atomic mass is 9.97. The van der Waals surface area contributed by atoms with Gasteiger partial charge in [-0.25, -0.2) is 17.8 Å². The Morgan fingerprint density at radius 3 is 2.44 bits per heavy atom. The van der Waals surface area contributed by atoms with E-state index in [1.807, 2.05) is 6.92 Å². The third-order valence-electron chi connectivity index (χ3n) is 5.56. The molecule has 32 heavy (non-hydrogen) atoms. The summed E-state index contributed by atoms with van der Waals surface area (Å²) >= 11 is 1.38. The van der Waals surface area contributed by atoms with Crippen molar-refractivity contribution in [3.05, 3.63) is 76.5 Å². The molecule has 0 aliphatic carbocycles. The van der Waals surface area contributed by atoms with Gasteiger partial charge in [-0.15, -0.1) is 11.3 Å². The molecule has 0 radical (unpaired) electrons. The molecule has 1 N–H and O–H groups in total. The van der Waals surface area contributed by atoms with Crippen LogP contribution < -0.4 is 5.32 Å². The largest absolute Gasteiger partial charge is 0.302 e. The molecule has 4 rings (SSSR count). The zero-order valence-corrected chi connectivity index (χ0v) is 19.3. The molecule has 0 unspecified atom stereocenters. The monoisotopic (exact) mass is 473 g/mol. The summed E-state index contributed by atoms with van der Waals surface area (Å²) < 4.78 is 40.2. The van der Waals surface area contributed by atoms with Crippen molar-refractivity contribution in [2.45, 2.75) is 31.1 Å². The van der Waals surface area contributed by atoms with E-state index in [4.69, 9.17) is 0 Å². The Kier molecular flexibility index (Phi) is 6.68. The summed E-state index contributed by atoms with van der Waals surface area (Å²) in [7, 11) is -3.55. The summed E-state index contributed by atoms with van der Waals surface area (Å²) in [6.45, 7) is 2.53. The summed E-state index contributed by atoms with van der Waals surface area (Å²) in [6, 6.07) is 13.1. The number of anilines is 1. The molecule has 0 atom stereocenters. The lowest BCUT2D eigenvalue weighted by Crippen LogP contribution is -2.41. The van der Waals surface area contributed by atoms with Crippen molar-refractivity contribution in [3.63, 3.8) is 0 Å². The Balaban J connectivity index is 1.31. The molecule has 2 aromatic carbocycles. The van der Waals surface area contributed by atoms with E-state index in [9.17, 15) is 17.6 Å². The van der Waals surface area contributed by atoms with Gasteiger partial charge in [0.2, 0.25) is 15.9 Å². The molecular formula is C23H24FN3O3S2. The number of hydrogen-bond acceptors (Lipinski definition) is 5. The van der Waals surface area contributed by atoms with Crippen LogP contribution in [0.3, 0.4) is 0 Å². The van der Waals surface area contributed by atoms with Crippen molar-refractivity contribution in [1.82, 2.24) is 9.29 Å². The first-order valence-electron chi connectivity index (χ1n) is 10.4. The van der Waals surface area contributed by atoms with Gasteiger partial charge in [0.1, 0.15) is 5.82 Å². The van der Waals surface area contributed by atoms with E-state index >= 15 is 0 Å². The summed E-state index contributed by atoms with van der Waals surface area (Å²) in [5.74, 6) is -0.673. The Hall–Kier alpha value is -2.62. The van der Waals surface area contributed by atoms with Gasteiger partial charge in [-0.1, -0.05) is 29.8 Å². The molecule has 168 valence electrons. The third-order valence-corrected chi connectivity index (χ3v) is 8.38. The maximum absolute atomic E-state index is 13.0. The number of rotatable bonds is 6. The highest BCUT2D eigenvalue weighted by Crippen LogP contribution is 2.27. The standard InChI is InChI=1S/C23H24FN3O3S2/c1-16-2-8-21(9-3-16)32(29,30)27-12-10-18(11-13-27)22(28)26-23-25-15-20(31-23)14-17-4-6-19(24)7-5-17/h2-9,15,18H,10-14H2,1H3,(H,25,26,28). The van der Waals surface area contributed by atoms with Gasteiger partial charge in [0.25, 0.3) is 0 Å². The molecule has 3 aromatic rings. The Bertz CT molecular complexity index is 1180. The smallest absolute Gasteiger partial charge is 0.243 e. The molecular weight excluding hydrogens is 449 g/mol. The Labute approximate surface area is 191 Å². The van der Waals surface area contributed by atoms with E-state index < -0.39 is 10.0 Å². The van der Waals surface area contributed by atoms with E-state index in [0.717, 1.165) is 16.0 Å². The van der Waals surface area contributed by atoms with E-state index in [-0.39, 0.29) is 22.5 Å². The summed E-state index contributed by atoms with van der Waals surface area (Å²) in [6.07, 6.45) is 3.25. The predicted molar refractivity (Wildman–Crippen MR) is 123 cm³/mol. The van der Waals surface area contributed by atoms with Crippen molar-refractivity contribution in [2.75, 3.05) is 18.4 Å². The van der Waals surface area contributed by atoms with Gasteiger partial charge in [0.05, 0.1) is 4.90 Å². The lowest BCUT2D eigenvalue weighted by Gasteiger charge is -2.30. The van der Waals surface area contributed by atoms with E-state index in [0.29, 0.717) is 37.5 Å². The van der Waals surface area contributed by atoms with Crippen LogP contribution in [0.1, 0.15) is 28.8 Å². The number of hydrogen-bond donors (Lipinski definition) is 1. The van der Waals surface area contributed by atoms with Gasteiger partial charge in [-0.3, -0.25) is 4.79 Å². The zero-order valence-electron chi connectivity index (χ0n) is 17.6. The normalized spacial score (nSPS) is 15.6. The molecule has 2 heterocycles. The zero-order chi connectivity index (χ0) is 22.7. The van der Waals surface area contributed by atoms with Gasteiger partial charge in [-0.2, -0.15) is 4.31 Å². The fourth-order valence-electron chi connectivity index (χ4n) is 3.68. The number of thiazole rings is 1. The lowest BCUT2D eigenvalue weighted by molar-refractivity contribution is -0.120. The number of sulfonamides is 1. The third kappa shape index (κ3) is 5.23. The summed E-state index contributed by atoms with van der Waals surface area (Å²) in [5, 5.41) is 3.37. The first kappa shape index (κ1) is 22.6. The second-order valence-electron chi connectivity index (χ2n) is 7.92. The Morgan fingerprint density at radius 2 is 1.78 bits per heavy atom. The summed E-state index contributed by atoms with van der Waals surface area (Å²) in [5.41, 5.74) is 1.97. The van der Waals surface area contributed by atoms with Crippen LogP contribution in [0.4, 0.5) is 9.52 Å². The number of halogens is 1. The molecule has 1 aromatic heterocycles. The van der Waals surface area contributed by atoms with Gasteiger partial charge in [0, 0.05) is 36.5 Å². The second kappa shape index (κ2) is 9.48. The second-order valence-corrected chi connectivity index (χ2v) is 11.0. The van der Waals surface area contributed by atoms with Crippen LogP contribution in [-0.4, -0.2) is 36.7 Å². The average Bonchev–Trinajstić information content (AvgIpc) is 3.22. The van der Waals surface area contributed by atoms with Crippen molar-refractivity contribution < 1.29 is 17.6 Å². The fraction of sp³-hybridized carbons (Fsp3) is 0.304. The number of carbonyl (C=O) groups is 1. The maximum Gasteiger partial charge on any atom is 0.243 e. The number of amides is 1. The van der Waals surface area contributed by atoms with Crippen molar-refractivity contribution in [2.24, 2.45) is 5.92 Å². The van der Waals surface area contributed by atoms with Crippen molar-refractivity contribution in [1.29, 1.82) is 0 Å². The van der Waals surface area contributed by atoms with Crippen LogP contribution in [-0.2, 0) is 21.2 Å². The molecule has 0 saturated carbocycles. The topological polar surface area (TPSA) is 79.4 Å². The molecule has 0 bridgehead atoms. The van der Waals surface area contributed by atoms with Gasteiger partial charge >= 0.3 is 0 Å². The van der Waals surface area contributed by atoms with Crippen molar-refractivity contribution in [3.8, 4) is 0 Å². The fourth-order valence-corrected chi connectivity index (χ4v) is 5.99. The number of nitrogens with zero attached hydrogens (tertiary/aromatic N) is 2. The number of aromatic nitrogens is 1. The Morgan fingerprint density at radius 1 is 1.12 bits per heavy atom. The quantitative estimate of drug-likeness (QED) is 0.581. The van der Waals surface area contributed by atoms with E-state index in [2.05, 4.69) is 10.3 Å². The molecule has 6 nitrogen and oxygen atoms in total. The molecule has 1 amide bonds. The van der Waals surface area contributed by atoms with Crippen LogP contribution in [0.15, 0.2) is 59.6 Å². The number of piperidine rings is 1. The van der Waals surface area contributed by atoms with Crippen LogP contribution in [0.5, 0.6) is 0 Å². The van der Waals surface area contributed by atoms with Crippen molar-refractivity contribution >= 4 is 32.4 Å². The number of carbonyl (C=O) groups excluding carboxylic acids is 1. The molecule has 1 fully saturated rings. The number of benzene rings is 2. The number of nitrogens with one attached hydrogen (secondary N) is 1. The van der Waals surface area contributed by atoms with Crippen LogP contribution in [0, 0.1) is 18.7 Å². The highest BCUT2D eigenvalue weighted by Gasteiger charge is 2.32. The predicted octanol–water partition coefficient (Wildman–Crippen LogP) is 4.22. The minimum atomic E-state index is -3.55. The van der Waals surface area contributed by atoms with E-state index in [1.165, 1.54) is 27.8 Å². The van der Waals surface area contributed by atoms with Gasteiger partial charge in [0.15, 0.2) is 5.13 Å². The molecule has 1 aliphatic heterocycles. The highest BCUT2D eigenvalue weighted by atomic mass is 32.2.